The van der Waals surface area contributed by atoms with Crippen LogP contribution < -0.4 is 9.64 Å². The number of rotatable bonds is 5. The highest BCUT2D eigenvalue weighted by Gasteiger charge is 2.32. The van der Waals surface area contributed by atoms with Crippen LogP contribution in [0, 0.1) is 18.2 Å². The van der Waals surface area contributed by atoms with Crippen molar-refractivity contribution in [3.05, 3.63) is 54.0 Å². The van der Waals surface area contributed by atoms with Crippen molar-refractivity contribution in [2.24, 2.45) is 0 Å². The summed E-state index contributed by atoms with van der Waals surface area (Å²) in [4.78, 5) is 18.4. The van der Waals surface area contributed by atoms with E-state index >= 15 is 4.39 Å². The number of fused-ring (bicyclic) bond motifs is 2. The summed E-state index contributed by atoms with van der Waals surface area (Å²) in [6, 6.07) is 12.3. The summed E-state index contributed by atoms with van der Waals surface area (Å²) < 4.78 is 21.7. The van der Waals surface area contributed by atoms with E-state index < -0.39 is 5.82 Å². The van der Waals surface area contributed by atoms with Gasteiger partial charge in [-0.1, -0.05) is 50.1 Å². The molecule has 7 heteroatoms. The van der Waals surface area contributed by atoms with Crippen molar-refractivity contribution >= 4 is 27.5 Å². The standard InChI is InChI=1S/C29H30FN5O/c1-6-18-11-9-12-19-13-10-14-22(24(18)19)26-25(30)27-23(15-31-26)28(33-29(32-27)36-5)35-16-20(7-2)34(4)21(8-3)17-35/h1,9-15,20-21H,7-8,16-17H2,2-5H3. The molecule has 1 fully saturated rings. The number of hydrogen-bond donors (Lipinski definition) is 0. The number of halogens is 1. The van der Waals surface area contributed by atoms with Crippen molar-refractivity contribution in [1.82, 2.24) is 19.9 Å². The molecule has 2 unspecified atom stereocenters. The van der Waals surface area contributed by atoms with Gasteiger partial charge in [0.25, 0.3) is 0 Å². The lowest BCUT2D eigenvalue weighted by atomic mass is 9.96. The molecule has 1 saturated heterocycles. The largest absolute Gasteiger partial charge is 0.467 e. The fourth-order valence-corrected chi connectivity index (χ4v) is 5.35. The SMILES string of the molecule is C#Cc1cccc2cccc(-c3ncc4c(N5CC(CC)N(C)C(CC)C5)nc(OC)nc4c3F)c12. The maximum absolute atomic E-state index is 16.2. The van der Waals surface area contributed by atoms with Crippen molar-refractivity contribution < 1.29 is 9.13 Å². The summed E-state index contributed by atoms with van der Waals surface area (Å²) in [5.41, 5.74) is 1.73. The van der Waals surface area contributed by atoms with Crippen LogP contribution in [0.15, 0.2) is 42.6 Å². The second-order valence-electron chi connectivity index (χ2n) is 9.27. The molecular formula is C29H30FN5O. The fourth-order valence-electron chi connectivity index (χ4n) is 5.35. The van der Waals surface area contributed by atoms with E-state index in [1.807, 2.05) is 36.4 Å². The Labute approximate surface area is 211 Å². The lowest BCUT2D eigenvalue weighted by Gasteiger charge is -2.45. The van der Waals surface area contributed by atoms with Crippen molar-refractivity contribution in [3.8, 4) is 29.6 Å². The molecule has 184 valence electrons. The number of anilines is 1. The van der Waals surface area contributed by atoms with Gasteiger partial charge in [0.1, 0.15) is 17.0 Å². The van der Waals surface area contributed by atoms with Crippen LogP contribution in [0.1, 0.15) is 32.3 Å². The quantitative estimate of drug-likeness (QED) is 0.360. The highest BCUT2D eigenvalue weighted by molar-refractivity contribution is 6.02. The topological polar surface area (TPSA) is 54.4 Å². The number of likely N-dealkylation sites (N-methyl/N-ethyl adjacent to an activating group) is 1. The molecule has 4 aromatic rings. The lowest BCUT2D eigenvalue weighted by Crippen LogP contribution is -2.57. The normalized spacial score (nSPS) is 18.5. The van der Waals surface area contributed by atoms with E-state index in [0.29, 0.717) is 34.4 Å². The molecule has 0 N–H and O–H groups in total. The van der Waals surface area contributed by atoms with E-state index in [2.05, 4.69) is 51.6 Å². The molecule has 0 saturated carbocycles. The number of methoxy groups -OCH3 is 1. The molecule has 0 aliphatic carbocycles. The number of benzene rings is 2. The zero-order chi connectivity index (χ0) is 25.4. The van der Waals surface area contributed by atoms with Crippen molar-refractivity contribution in [3.63, 3.8) is 0 Å². The predicted octanol–water partition coefficient (Wildman–Crippen LogP) is 5.28. The second-order valence-corrected chi connectivity index (χ2v) is 9.27. The molecule has 0 spiro atoms. The highest BCUT2D eigenvalue weighted by Crippen LogP contribution is 2.36. The number of hydrogen-bond acceptors (Lipinski definition) is 6. The average Bonchev–Trinajstić information content (AvgIpc) is 2.92. The van der Waals surface area contributed by atoms with Gasteiger partial charge in [-0.2, -0.15) is 9.97 Å². The van der Waals surface area contributed by atoms with Crippen LogP contribution >= 0.6 is 0 Å². The summed E-state index contributed by atoms with van der Waals surface area (Å²) in [6.07, 6.45) is 9.48. The Hall–Kier alpha value is -3.76. The Morgan fingerprint density at radius 3 is 2.42 bits per heavy atom. The number of piperazine rings is 1. The number of terminal acetylenes is 1. The van der Waals surface area contributed by atoms with Crippen LogP contribution in [0.5, 0.6) is 6.01 Å². The summed E-state index contributed by atoms with van der Waals surface area (Å²) in [5, 5.41) is 2.30. The van der Waals surface area contributed by atoms with E-state index in [-0.39, 0.29) is 17.2 Å². The second kappa shape index (κ2) is 9.71. The monoisotopic (exact) mass is 483 g/mol. The molecule has 2 aromatic carbocycles. The maximum atomic E-state index is 16.2. The molecule has 5 rings (SSSR count). The number of pyridine rings is 1. The van der Waals surface area contributed by atoms with E-state index in [0.717, 1.165) is 36.7 Å². The van der Waals surface area contributed by atoms with Gasteiger partial charge in [0.05, 0.1) is 12.5 Å². The first-order valence-electron chi connectivity index (χ1n) is 12.4. The van der Waals surface area contributed by atoms with E-state index in [1.165, 1.54) is 7.11 Å². The summed E-state index contributed by atoms with van der Waals surface area (Å²) in [5.74, 6) is 2.87. The zero-order valence-corrected chi connectivity index (χ0v) is 21.1. The highest BCUT2D eigenvalue weighted by atomic mass is 19.1. The van der Waals surface area contributed by atoms with Gasteiger partial charge in [-0.25, -0.2) is 4.39 Å². The minimum atomic E-state index is -0.512. The third kappa shape index (κ3) is 3.92. The lowest BCUT2D eigenvalue weighted by molar-refractivity contribution is 0.139. The van der Waals surface area contributed by atoms with E-state index in [9.17, 15) is 0 Å². The average molecular weight is 484 g/mol. The Morgan fingerprint density at radius 1 is 1.08 bits per heavy atom. The molecule has 1 aliphatic heterocycles. The Bertz CT molecular complexity index is 1460. The molecule has 1 aliphatic rings. The minimum Gasteiger partial charge on any atom is -0.467 e. The first-order chi connectivity index (χ1) is 17.5. The number of nitrogens with zero attached hydrogens (tertiary/aromatic N) is 5. The van der Waals surface area contributed by atoms with Gasteiger partial charge in [-0.3, -0.25) is 9.88 Å². The minimum absolute atomic E-state index is 0.135. The Balaban J connectivity index is 1.71. The third-order valence-electron chi connectivity index (χ3n) is 7.40. The molecule has 2 aromatic heterocycles. The van der Waals surface area contributed by atoms with Gasteiger partial charge in [0, 0.05) is 47.9 Å². The van der Waals surface area contributed by atoms with Crippen LogP contribution in [0.3, 0.4) is 0 Å². The molecule has 36 heavy (non-hydrogen) atoms. The van der Waals surface area contributed by atoms with Crippen LogP contribution in [0.25, 0.3) is 32.9 Å². The fraction of sp³-hybridized carbons (Fsp3) is 0.345. The van der Waals surface area contributed by atoms with Gasteiger partial charge < -0.3 is 9.64 Å². The predicted molar refractivity (Wildman–Crippen MR) is 143 cm³/mol. The Morgan fingerprint density at radius 2 is 1.78 bits per heavy atom. The van der Waals surface area contributed by atoms with Crippen LogP contribution in [0.2, 0.25) is 0 Å². The van der Waals surface area contributed by atoms with Gasteiger partial charge in [0.15, 0.2) is 5.82 Å². The Kier molecular flexibility index (Phi) is 6.46. The van der Waals surface area contributed by atoms with Gasteiger partial charge in [-0.05, 0) is 31.3 Å². The smallest absolute Gasteiger partial charge is 0.318 e. The van der Waals surface area contributed by atoms with Gasteiger partial charge in [-0.15, -0.1) is 6.42 Å². The van der Waals surface area contributed by atoms with E-state index in [4.69, 9.17) is 11.2 Å². The van der Waals surface area contributed by atoms with Crippen molar-refractivity contribution in [2.45, 2.75) is 38.8 Å². The maximum Gasteiger partial charge on any atom is 0.318 e. The molecule has 6 nitrogen and oxygen atoms in total. The van der Waals surface area contributed by atoms with Crippen LogP contribution in [0.4, 0.5) is 10.2 Å². The van der Waals surface area contributed by atoms with Gasteiger partial charge >= 0.3 is 6.01 Å². The molecule has 3 heterocycles. The van der Waals surface area contributed by atoms with Crippen molar-refractivity contribution in [1.29, 1.82) is 0 Å². The summed E-state index contributed by atoms with van der Waals surface area (Å²) in [7, 11) is 3.68. The number of ether oxygens (including phenoxy) is 1. The molecule has 0 amide bonds. The third-order valence-corrected chi connectivity index (χ3v) is 7.40. The van der Waals surface area contributed by atoms with Crippen molar-refractivity contribution in [2.75, 3.05) is 32.1 Å². The molecular weight excluding hydrogens is 453 g/mol. The van der Waals surface area contributed by atoms with Crippen LogP contribution in [-0.4, -0.2) is 59.2 Å². The molecule has 0 bridgehead atoms. The summed E-state index contributed by atoms with van der Waals surface area (Å²) >= 11 is 0. The first kappa shape index (κ1) is 24.0. The van der Waals surface area contributed by atoms with Gasteiger partial charge in [0.2, 0.25) is 0 Å². The molecule has 2 atom stereocenters. The van der Waals surface area contributed by atoms with E-state index in [1.54, 1.807) is 6.20 Å². The zero-order valence-electron chi connectivity index (χ0n) is 21.1. The van der Waals surface area contributed by atoms with Crippen LogP contribution in [-0.2, 0) is 0 Å². The number of aromatic nitrogens is 3. The molecule has 0 radical (unpaired) electrons. The summed E-state index contributed by atoms with van der Waals surface area (Å²) in [6.45, 7) is 5.96. The first-order valence-corrected chi connectivity index (χ1v) is 12.4.